The molecule has 3 rings (SSSR count). The van der Waals surface area contributed by atoms with Gasteiger partial charge in [-0.15, -0.1) is 0 Å². The lowest BCUT2D eigenvalue weighted by Crippen LogP contribution is -2.43. The van der Waals surface area contributed by atoms with Gasteiger partial charge >= 0.3 is 0 Å². The van der Waals surface area contributed by atoms with Crippen LogP contribution in [0.25, 0.3) is 0 Å². The van der Waals surface area contributed by atoms with Crippen molar-refractivity contribution < 1.29 is 4.79 Å². The molecule has 1 atom stereocenters. The average molecular weight is 367 g/mol. The van der Waals surface area contributed by atoms with E-state index < -0.39 is 0 Å². The van der Waals surface area contributed by atoms with Crippen LogP contribution in [0.15, 0.2) is 30.3 Å². The van der Waals surface area contributed by atoms with Crippen molar-refractivity contribution in [3.63, 3.8) is 0 Å². The maximum atomic E-state index is 13.2. The van der Waals surface area contributed by atoms with Crippen LogP contribution in [0.1, 0.15) is 61.3 Å². The van der Waals surface area contributed by atoms with Crippen LogP contribution < -0.4 is 4.90 Å². The third kappa shape index (κ3) is 4.29. The number of benzene rings is 1. The Balaban J connectivity index is 1.94. The minimum atomic E-state index is 0.0357. The van der Waals surface area contributed by atoms with Gasteiger partial charge in [0.1, 0.15) is 5.69 Å². The monoisotopic (exact) mass is 366 g/mol. The molecule has 1 saturated heterocycles. The molecule has 144 valence electrons. The summed E-state index contributed by atoms with van der Waals surface area (Å²) in [6, 6.07) is 10.4. The SMILES string of the molecule is CCC1CCCCN1C(=O)c1cc(C)nc(N(CC)c2cccc(C)c2)n1. The number of anilines is 2. The molecule has 0 radical (unpaired) electrons. The van der Waals surface area contributed by atoms with Crippen molar-refractivity contribution in [3.05, 3.63) is 47.3 Å². The molecule has 27 heavy (non-hydrogen) atoms. The molecule has 1 unspecified atom stereocenters. The molecule has 1 aliphatic heterocycles. The summed E-state index contributed by atoms with van der Waals surface area (Å²) >= 11 is 0. The molecule has 2 aromatic rings. The largest absolute Gasteiger partial charge is 0.334 e. The van der Waals surface area contributed by atoms with Crippen molar-refractivity contribution in [2.24, 2.45) is 0 Å². The average Bonchev–Trinajstić information content (AvgIpc) is 2.67. The lowest BCUT2D eigenvalue weighted by molar-refractivity contribution is 0.0601. The normalized spacial score (nSPS) is 17.0. The third-order valence-electron chi connectivity index (χ3n) is 5.29. The predicted molar refractivity (Wildman–Crippen MR) is 110 cm³/mol. The first-order chi connectivity index (χ1) is 13.0. The zero-order valence-corrected chi connectivity index (χ0v) is 16.9. The van der Waals surface area contributed by atoms with E-state index in [-0.39, 0.29) is 5.91 Å². The molecule has 1 aromatic heterocycles. The summed E-state index contributed by atoms with van der Waals surface area (Å²) in [6.07, 6.45) is 4.35. The minimum Gasteiger partial charge on any atom is -0.334 e. The predicted octanol–water partition coefficient (Wildman–Crippen LogP) is 4.66. The van der Waals surface area contributed by atoms with E-state index in [4.69, 9.17) is 0 Å². The van der Waals surface area contributed by atoms with Crippen molar-refractivity contribution in [2.45, 2.75) is 59.4 Å². The molecule has 1 aliphatic rings. The van der Waals surface area contributed by atoms with Crippen LogP contribution in [0.5, 0.6) is 0 Å². The first kappa shape index (κ1) is 19.3. The number of hydrogen-bond acceptors (Lipinski definition) is 4. The fraction of sp³-hybridized carbons (Fsp3) is 0.500. The second kappa shape index (κ2) is 8.51. The van der Waals surface area contributed by atoms with Crippen molar-refractivity contribution >= 4 is 17.5 Å². The van der Waals surface area contributed by atoms with Crippen molar-refractivity contribution in [3.8, 4) is 0 Å². The number of nitrogens with zero attached hydrogens (tertiary/aromatic N) is 4. The Labute approximate surface area is 162 Å². The summed E-state index contributed by atoms with van der Waals surface area (Å²) in [5.74, 6) is 0.630. The molecule has 0 bridgehead atoms. The summed E-state index contributed by atoms with van der Waals surface area (Å²) in [5.41, 5.74) is 3.56. The van der Waals surface area contributed by atoms with E-state index in [1.807, 2.05) is 24.0 Å². The van der Waals surface area contributed by atoms with Crippen LogP contribution in [0.2, 0.25) is 0 Å². The molecule has 0 saturated carbocycles. The fourth-order valence-electron chi connectivity index (χ4n) is 3.86. The fourth-order valence-corrected chi connectivity index (χ4v) is 3.86. The number of carbonyl (C=O) groups excluding carboxylic acids is 1. The van der Waals surface area contributed by atoms with Gasteiger partial charge in [-0.05, 0) is 70.2 Å². The lowest BCUT2D eigenvalue weighted by atomic mass is 9.99. The number of aromatic nitrogens is 2. The highest BCUT2D eigenvalue weighted by atomic mass is 16.2. The number of piperidine rings is 1. The summed E-state index contributed by atoms with van der Waals surface area (Å²) in [4.78, 5) is 26.6. The number of amides is 1. The van der Waals surface area contributed by atoms with Crippen LogP contribution in [-0.4, -0.2) is 39.9 Å². The summed E-state index contributed by atoms with van der Waals surface area (Å²) in [6.45, 7) is 9.80. The van der Waals surface area contributed by atoms with Gasteiger partial charge in [-0.2, -0.15) is 0 Å². The summed E-state index contributed by atoms with van der Waals surface area (Å²) in [5, 5.41) is 0. The van der Waals surface area contributed by atoms with Crippen LogP contribution in [0, 0.1) is 13.8 Å². The standard InChI is InChI=1S/C22H30N4O/c1-5-18-11-7-8-13-26(18)21(27)20-15-17(4)23-22(24-20)25(6-2)19-12-9-10-16(3)14-19/h9-10,12,14-15,18H,5-8,11,13H2,1-4H3. The Morgan fingerprint density at radius 2 is 2.00 bits per heavy atom. The lowest BCUT2D eigenvalue weighted by Gasteiger charge is -2.35. The van der Waals surface area contributed by atoms with Gasteiger partial charge in [-0.1, -0.05) is 19.1 Å². The quantitative estimate of drug-likeness (QED) is 0.772. The van der Waals surface area contributed by atoms with E-state index in [9.17, 15) is 4.79 Å². The van der Waals surface area contributed by atoms with Crippen LogP contribution in [0.3, 0.4) is 0 Å². The van der Waals surface area contributed by atoms with Gasteiger partial charge in [0.15, 0.2) is 0 Å². The number of rotatable bonds is 5. The minimum absolute atomic E-state index is 0.0357. The topological polar surface area (TPSA) is 49.3 Å². The van der Waals surface area contributed by atoms with E-state index in [1.165, 1.54) is 12.0 Å². The molecule has 0 spiro atoms. The Morgan fingerprint density at radius 1 is 1.19 bits per heavy atom. The van der Waals surface area contributed by atoms with Gasteiger partial charge in [0.25, 0.3) is 5.91 Å². The van der Waals surface area contributed by atoms with E-state index in [0.29, 0.717) is 17.7 Å². The molecule has 2 heterocycles. The Bertz CT molecular complexity index is 805. The molecule has 1 fully saturated rings. The Kier molecular flexibility index (Phi) is 6.09. The van der Waals surface area contributed by atoms with Crippen molar-refractivity contribution in [1.82, 2.24) is 14.9 Å². The first-order valence-electron chi connectivity index (χ1n) is 10.0. The molecule has 5 heteroatoms. The zero-order chi connectivity index (χ0) is 19.4. The number of likely N-dealkylation sites (tertiary alicyclic amines) is 1. The molecule has 1 aromatic carbocycles. The number of carbonyl (C=O) groups is 1. The van der Waals surface area contributed by atoms with Crippen LogP contribution in [-0.2, 0) is 0 Å². The first-order valence-corrected chi connectivity index (χ1v) is 10.0. The van der Waals surface area contributed by atoms with Crippen molar-refractivity contribution in [1.29, 1.82) is 0 Å². The van der Waals surface area contributed by atoms with E-state index in [1.54, 1.807) is 0 Å². The van der Waals surface area contributed by atoms with Gasteiger partial charge < -0.3 is 9.80 Å². The molecule has 5 nitrogen and oxygen atoms in total. The third-order valence-corrected chi connectivity index (χ3v) is 5.29. The van der Waals surface area contributed by atoms with Gasteiger partial charge in [0.05, 0.1) is 0 Å². The van der Waals surface area contributed by atoms with Crippen LogP contribution in [0.4, 0.5) is 11.6 Å². The van der Waals surface area contributed by atoms with E-state index in [0.717, 1.165) is 43.7 Å². The highest BCUT2D eigenvalue weighted by molar-refractivity contribution is 5.93. The second-order valence-corrected chi connectivity index (χ2v) is 7.33. The van der Waals surface area contributed by atoms with E-state index >= 15 is 0 Å². The number of aryl methyl sites for hydroxylation is 2. The summed E-state index contributed by atoms with van der Waals surface area (Å²) in [7, 11) is 0. The Hall–Kier alpha value is -2.43. The van der Waals surface area contributed by atoms with Gasteiger partial charge in [0, 0.05) is 30.5 Å². The Morgan fingerprint density at radius 3 is 2.70 bits per heavy atom. The van der Waals surface area contributed by atoms with Crippen molar-refractivity contribution in [2.75, 3.05) is 18.0 Å². The van der Waals surface area contributed by atoms with E-state index in [2.05, 4.69) is 53.8 Å². The highest BCUT2D eigenvalue weighted by Gasteiger charge is 2.28. The second-order valence-electron chi connectivity index (χ2n) is 7.33. The molecule has 0 aliphatic carbocycles. The molecular formula is C22H30N4O. The maximum absolute atomic E-state index is 13.2. The van der Waals surface area contributed by atoms with Gasteiger partial charge in [-0.25, -0.2) is 9.97 Å². The molecule has 0 N–H and O–H groups in total. The highest BCUT2D eigenvalue weighted by Crippen LogP contribution is 2.25. The maximum Gasteiger partial charge on any atom is 0.272 e. The zero-order valence-electron chi connectivity index (χ0n) is 16.9. The van der Waals surface area contributed by atoms with Crippen LogP contribution >= 0.6 is 0 Å². The molecular weight excluding hydrogens is 336 g/mol. The smallest absolute Gasteiger partial charge is 0.272 e. The summed E-state index contributed by atoms with van der Waals surface area (Å²) < 4.78 is 0. The molecule has 1 amide bonds. The van der Waals surface area contributed by atoms with Gasteiger partial charge in [0.2, 0.25) is 5.95 Å². The number of hydrogen-bond donors (Lipinski definition) is 0. The van der Waals surface area contributed by atoms with Gasteiger partial charge in [-0.3, -0.25) is 4.79 Å².